The van der Waals surface area contributed by atoms with Crippen LogP contribution in [-0.4, -0.2) is 11.8 Å². The number of primary amides is 1. The molecule has 0 aromatic heterocycles. The normalized spacial score (nSPS) is 9.31. The number of anilines is 1. The fraction of sp³-hybridized carbons (Fsp3) is 0. The first-order chi connectivity index (χ1) is 6.13. The summed E-state index contributed by atoms with van der Waals surface area (Å²) in [5, 5.41) is -0.289. The number of hydrogen-bond donors (Lipinski definition) is 1. The summed E-state index contributed by atoms with van der Waals surface area (Å²) in [6.45, 7) is 0. The number of carbonyl (C=O) groups excluding carboxylic acids is 2. The lowest BCUT2D eigenvalue weighted by molar-refractivity contribution is -0.137. The molecule has 0 fully saturated rings. The summed E-state index contributed by atoms with van der Waals surface area (Å²) >= 11 is 0. The number of benzene rings is 1. The Morgan fingerprint density at radius 3 is 2.23 bits per heavy atom. The van der Waals surface area contributed by atoms with E-state index in [0.717, 1.165) is 0 Å². The minimum atomic E-state index is -1.38. The highest BCUT2D eigenvalue weighted by Gasteiger charge is 2.19. The van der Waals surface area contributed by atoms with Gasteiger partial charge in [0.2, 0.25) is 0 Å². The standard InChI is InChI=1S/C8H7FN2O2/c9-11(8(13)7(10)12)6-4-2-1-3-5-6/h1-5H,(H2,10,12). The average molecular weight is 182 g/mol. The topological polar surface area (TPSA) is 63.4 Å². The first kappa shape index (κ1) is 9.18. The van der Waals surface area contributed by atoms with Gasteiger partial charge in [-0.3, -0.25) is 9.59 Å². The number of halogens is 1. The van der Waals surface area contributed by atoms with Crippen LogP contribution in [0.25, 0.3) is 0 Å². The van der Waals surface area contributed by atoms with E-state index < -0.39 is 11.8 Å². The summed E-state index contributed by atoms with van der Waals surface area (Å²) in [5.41, 5.74) is 4.58. The van der Waals surface area contributed by atoms with E-state index in [1.807, 2.05) is 0 Å². The maximum absolute atomic E-state index is 13.0. The lowest BCUT2D eigenvalue weighted by Crippen LogP contribution is -2.35. The Hall–Kier alpha value is -1.91. The number of nitrogens with two attached hydrogens (primary N) is 1. The molecule has 0 aliphatic heterocycles. The third-order valence-corrected chi connectivity index (χ3v) is 1.37. The van der Waals surface area contributed by atoms with Crippen LogP contribution in [-0.2, 0) is 9.59 Å². The molecule has 2 amide bonds. The Morgan fingerprint density at radius 1 is 1.23 bits per heavy atom. The van der Waals surface area contributed by atoms with Crippen molar-refractivity contribution >= 4 is 17.5 Å². The van der Waals surface area contributed by atoms with Crippen molar-refractivity contribution in [1.82, 2.24) is 0 Å². The fourth-order valence-electron chi connectivity index (χ4n) is 0.773. The molecule has 0 saturated carbocycles. The Kier molecular flexibility index (Phi) is 2.59. The highest BCUT2D eigenvalue weighted by Crippen LogP contribution is 2.13. The first-order valence-electron chi connectivity index (χ1n) is 3.47. The van der Waals surface area contributed by atoms with Crippen molar-refractivity contribution in [3.8, 4) is 0 Å². The highest BCUT2D eigenvalue weighted by molar-refractivity contribution is 6.39. The van der Waals surface area contributed by atoms with Crippen LogP contribution in [0.5, 0.6) is 0 Å². The summed E-state index contributed by atoms with van der Waals surface area (Å²) in [6, 6.07) is 7.43. The number of amides is 2. The number of para-hydroxylation sites is 1. The lowest BCUT2D eigenvalue weighted by atomic mass is 10.3. The lowest BCUT2D eigenvalue weighted by Gasteiger charge is -2.08. The SMILES string of the molecule is NC(=O)C(=O)N(F)c1ccccc1. The van der Waals surface area contributed by atoms with E-state index in [0.29, 0.717) is 0 Å². The molecular formula is C8H7FN2O2. The molecule has 0 radical (unpaired) electrons. The molecule has 0 saturated heterocycles. The van der Waals surface area contributed by atoms with Crippen molar-refractivity contribution in [2.75, 3.05) is 5.12 Å². The molecule has 0 spiro atoms. The molecule has 0 aliphatic rings. The zero-order chi connectivity index (χ0) is 9.84. The van der Waals surface area contributed by atoms with Crippen LogP contribution in [0, 0.1) is 0 Å². The monoisotopic (exact) mass is 182 g/mol. The van der Waals surface area contributed by atoms with Gasteiger partial charge in [0.25, 0.3) is 0 Å². The second-order valence-electron chi connectivity index (χ2n) is 2.29. The van der Waals surface area contributed by atoms with Crippen molar-refractivity contribution in [1.29, 1.82) is 0 Å². The molecule has 0 bridgehead atoms. The van der Waals surface area contributed by atoms with Gasteiger partial charge < -0.3 is 5.73 Å². The predicted molar refractivity (Wildman–Crippen MR) is 44.2 cm³/mol. The third-order valence-electron chi connectivity index (χ3n) is 1.37. The van der Waals surface area contributed by atoms with E-state index in [9.17, 15) is 14.1 Å². The van der Waals surface area contributed by atoms with Gasteiger partial charge in [-0.1, -0.05) is 22.7 Å². The summed E-state index contributed by atoms with van der Waals surface area (Å²) in [5.74, 6) is -2.71. The van der Waals surface area contributed by atoms with Crippen LogP contribution in [0.1, 0.15) is 0 Å². The van der Waals surface area contributed by atoms with E-state index >= 15 is 0 Å². The van der Waals surface area contributed by atoms with Crippen molar-refractivity contribution in [3.63, 3.8) is 0 Å². The molecule has 0 heterocycles. The van der Waals surface area contributed by atoms with Crippen molar-refractivity contribution in [2.24, 2.45) is 5.73 Å². The summed E-state index contributed by atoms with van der Waals surface area (Å²) < 4.78 is 13.0. The van der Waals surface area contributed by atoms with Gasteiger partial charge in [0, 0.05) is 0 Å². The molecule has 0 unspecified atom stereocenters. The highest BCUT2D eigenvalue weighted by atomic mass is 19.2. The first-order valence-corrected chi connectivity index (χ1v) is 3.47. The maximum atomic E-state index is 13.0. The van der Waals surface area contributed by atoms with Gasteiger partial charge in [0.05, 0.1) is 5.69 Å². The number of carbonyl (C=O) groups is 2. The number of rotatable bonds is 1. The minimum Gasteiger partial charge on any atom is -0.361 e. The summed E-state index contributed by atoms with van der Waals surface area (Å²) in [4.78, 5) is 21.0. The van der Waals surface area contributed by atoms with Crippen molar-refractivity contribution in [2.45, 2.75) is 0 Å². The predicted octanol–water partition coefficient (Wildman–Crippen LogP) is 0.389. The molecule has 1 aromatic rings. The van der Waals surface area contributed by atoms with Gasteiger partial charge in [-0.15, -0.1) is 5.12 Å². The summed E-state index contributed by atoms with van der Waals surface area (Å²) in [7, 11) is 0. The van der Waals surface area contributed by atoms with E-state index in [1.54, 1.807) is 6.07 Å². The Balaban J connectivity index is 2.86. The molecule has 4 nitrogen and oxygen atoms in total. The summed E-state index contributed by atoms with van der Waals surface area (Å²) in [6.07, 6.45) is 0. The zero-order valence-electron chi connectivity index (χ0n) is 6.61. The van der Waals surface area contributed by atoms with E-state index in [2.05, 4.69) is 5.73 Å². The fourth-order valence-corrected chi connectivity index (χ4v) is 0.773. The van der Waals surface area contributed by atoms with Crippen LogP contribution >= 0.6 is 0 Å². The van der Waals surface area contributed by atoms with E-state index in [1.165, 1.54) is 24.3 Å². The molecule has 5 heteroatoms. The number of nitrogens with zero attached hydrogens (tertiary/aromatic N) is 1. The number of hydrogen-bond acceptors (Lipinski definition) is 2. The molecule has 0 atom stereocenters. The van der Waals surface area contributed by atoms with Crippen LogP contribution in [0.15, 0.2) is 30.3 Å². The van der Waals surface area contributed by atoms with E-state index in [-0.39, 0.29) is 10.8 Å². The third kappa shape index (κ3) is 2.02. The van der Waals surface area contributed by atoms with Gasteiger partial charge in [0.15, 0.2) is 0 Å². The molecule has 2 N–H and O–H groups in total. The van der Waals surface area contributed by atoms with Gasteiger partial charge in [-0.25, -0.2) is 0 Å². The molecule has 1 aromatic carbocycles. The van der Waals surface area contributed by atoms with Crippen molar-refractivity contribution in [3.05, 3.63) is 30.3 Å². The zero-order valence-corrected chi connectivity index (χ0v) is 6.61. The molecule has 68 valence electrons. The maximum Gasteiger partial charge on any atom is 0.344 e. The Morgan fingerprint density at radius 2 is 1.77 bits per heavy atom. The molecule has 1 rings (SSSR count). The van der Waals surface area contributed by atoms with Gasteiger partial charge in [0.1, 0.15) is 0 Å². The van der Waals surface area contributed by atoms with Crippen LogP contribution in [0.2, 0.25) is 0 Å². The average Bonchev–Trinajstić information content (AvgIpc) is 2.17. The largest absolute Gasteiger partial charge is 0.361 e. The van der Waals surface area contributed by atoms with Gasteiger partial charge >= 0.3 is 11.8 Å². The molecular weight excluding hydrogens is 175 g/mol. The van der Waals surface area contributed by atoms with Crippen LogP contribution in [0.4, 0.5) is 10.2 Å². The second-order valence-corrected chi connectivity index (χ2v) is 2.29. The van der Waals surface area contributed by atoms with Gasteiger partial charge in [-0.2, -0.15) is 0 Å². The van der Waals surface area contributed by atoms with Crippen molar-refractivity contribution < 1.29 is 14.1 Å². The second kappa shape index (κ2) is 3.66. The van der Waals surface area contributed by atoms with E-state index in [4.69, 9.17) is 0 Å². The molecule has 0 aliphatic carbocycles. The Labute approximate surface area is 73.7 Å². The Bertz CT molecular complexity index is 326. The minimum absolute atomic E-state index is 0.0219. The van der Waals surface area contributed by atoms with Crippen LogP contribution < -0.4 is 10.9 Å². The quantitative estimate of drug-likeness (QED) is 0.504. The van der Waals surface area contributed by atoms with Gasteiger partial charge in [-0.05, 0) is 12.1 Å². The molecule has 13 heavy (non-hydrogen) atoms. The van der Waals surface area contributed by atoms with Crippen LogP contribution in [0.3, 0.4) is 0 Å². The smallest absolute Gasteiger partial charge is 0.344 e.